The zero-order valence-electron chi connectivity index (χ0n) is 14.4. The van der Waals surface area contributed by atoms with Gasteiger partial charge in [0.2, 0.25) is 0 Å². The SMILES string of the molecule is Cc1ccccc1NC(=O)/C(C#N)=C\NCC1COc2ccccc2O1. The highest BCUT2D eigenvalue weighted by atomic mass is 16.6. The minimum Gasteiger partial charge on any atom is -0.486 e. The van der Waals surface area contributed by atoms with E-state index < -0.39 is 5.91 Å². The quantitative estimate of drug-likeness (QED) is 0.641. The van der Waals surface area contributed by atoms with E-state index >= 15 is 0 Å². The first kappa shape index (κ1) is 17.4. The van der Waals surface area contributed by atoms with Gasteiger partial charge in [0.25, 0.3) is 5.91 Å². The standard InChI is InChI=1S/C20H19N3O3/c1-14-6-2-3-7-17(14)23-20(24)15(10-21)11-22-12-16-13-25-18-8-4-5-9-19(18)26-16/h2-9,11,16,22H,12-13H2,1H3,(H,23,24)/b15-11-. The lowest BCUT2D eigenvalue weighted by Gasteiger charge is -2.26. The van der Waals surface area contributed by atoms with Gasteiger partial charge in [-0.15, -0.1) is 0 Å². The molecule has 0 saturated carbocycles. The number of nitrogens with zero attached hydrogens (tertiary/aromatic N) is 1. The number of nitrogens with one attached hydrogen (secondary N) is 2. The van der Waals surface area contributed by atoms with Crippen molar-refractivity contribution in [2.24, 2.45) is 0 Å². The van der Waals surface area contributed by atoms with Crippen molar-refractivity contribution >= 4 is 11.6 Å². The number of ether oxygens (including phenoxy) is 2. The summed E-state index contributed by atoms with van der Waals surface area (Å²) in [6.45, 7) is 2.70. The Morgan fingerprint density at radius 2 is 1.96 bits per heavy atom. The fourth-order valence-electron chi connectivity index (χ4n) is 2.51. The average Bonchev–Trinajstić information content (AvgIpc) is 2.67. The highest BCUT2D eigenvalue weighted by Gasteiger charge is 2.20. The molecule has 26 heavy (non-hydrogen) atoms. The lowest BCUT2D eigenvalue weighted by atomic mass is 10.2. The molecule has 0 aliphatic carbocycles. The van der Waals surface area contributed by atoms with Crippen LogP contribution in [0.2, 0.25) is 0 Å². The van der Waals surface area contributed by atoms with Crippen molar-refractivity contribution in [1.29, 1.82) is 5.26 Å². The lowest BCUT2D eigenvalue weighted by Crippen LogP contribution is -2.37. The van der Waals surface area contributed by atoms with Crippen LogP contribution in [0.4, 0.5) is 5.69 Å². The van der Waals surface area contributed by atoms with Crippen LogP contribution in [0.5, 0.6) is 11.5 Å². The third-order valence-electron chi connectivity index (χ3n) is 3.92. The summed E-state index contributed by atoms with van der Waals surface area (Å²) in [4.78, 5) is 12.2. The maximum absolute atomic E-state index is 12.2. The second kappa shape index (κ2) is 8.08. The van der Waals surface area contributed by atoms with Crippen LogP contribution in [0.15, 0.2) is 60.3 Å². The topological polar surface area (TPSA) is 83.4 Å². The fourth-order valence-corrected chi connectivity index (χ4v) is 2.51. The van der Waals surface area contributed by atoms with Gasteiger partial charge >= 0.3 is 0 Å². The van der Waals surface area contributed by atoms with Crippen LogP contribution >= 0.6 is 0 Å². The van der Waals surface area contributed by atoms with Crippen LogP contribution in [0.1, 0.15) is 5.56 Å². The molecule has 0 saturated heterocycles. The van der Waals surface area contributed by atoms with E-state index in [-0.39, 0.29) is 11.7 Å². The molecule has 132 valence electrons. The Hall–Kier alpha value is -3.46. The van der Waals surface area contributed by atoms with E-state index in [9.17, 15) is 10.1 Å². The fraction of sp³-hybridized carbons (Fsp3) is 0.200. The Kier molecular flexibility index (Phi) is 5.40. The molecule has 1 heterocycles. The van der Waals surface area contributed by atoms with Crippen LogP contribution < -0.4 is 20.1 Å². The average molecular weight is 349 g/mol. The van der Waals surface area contributed by atoms with Crippen LogP contribution in [-0.2, 0) is 4.79 Å². The molecular weight excluding hydrogens is 330 g/mol. The summed E-state index contributed by atoms with van der Waals surface area (Å²) >= 11 is 0. The Morgan fingerprint density at radius 3 is 2.73 bits per heavy atom. The van der Waals surface area contributed by atoms with Crippen molar-refractivity contribution in [3.05, 3.63) is 65.9 Å². The lowest BCUT2D eigenvalue weighted by molar-refractivity contribution is -0.112. The molecule has 0 fully saturated rings. The van der Waals surface area contributed by atoms with E-state index in [0.29, 0.717) is 24.6 Å². The van der Waals surface area contributed by atoms with Crippen molar-refractivity contribution in [2.75, 3.05) is 18.5 Å². The zero-order valence-corrected chi connectivity index (χ0v) is 14.4. The van der Waals surface area contributed by atoms with Gasteiger partial charge in [0.15, 0.2) is 11.5 Å². The Morgan fingerprint density at radius 1 is 1.23 bits per heavy atom. The normalized spacial score (nSPS) is 15.7. The molecule has 0 spiro atoms. The molecule has 1 aliphatic rings. The van der Waals surface area contributed by atoms with Gasteiger partial charge in [0.05, 0.1) is 6.54 Å². The third kappa shape index (κ3) is 4.14. The minimum absolute atomic E-state index is 0.00891. The summed E-state index contributed by atoms with van der Waals surface area (Å²) in [6.07, 6.45) is 1.19. The number of carbonyl (C=O) groups excluding carboxylic acids is 1. The van der Waals surface area contributed by atoms with E-state index in [4.69, 9.17) is 9.47 Å². The number of aryl methyl sites for hydroxylation is 1. The van der Waals surface area contributed by atoms with Crippen LogP contribution in [0, 0.1) is 18.3 Å². The predicted octanol–water partition coefficient (Wildman–Crippen LogP) is 2.77. The zero-order chi connectivity index (χ0) is 18.4. The molecule has 0 bridgehead atoms. The van der Waals surface area contributed by atoms with Crippen LogP contribution in [-0.4, -0.2) is 25.2 Å². The highest BCUT2D eigenvalue weighted by Crippen LogP contribution is 2.30. The van der Waals surface area contributed by atoms with Crippen molar-refractivity contribution in [2.45, 2.75) is 13.0 Å². The number of nitriles is 1. The number of rotatable bonds is 5. The summed E-state index contributed by atoms with van der Waals surface area (Å²) in [7, 11) is 0. The van der Waals surface area contributed by atoms with Gasteiger partial charge in [-0.25, -0.2) is 0 Å². The molecule has 0 aromatic heterocycles. The number of anilines is 1. The molecule has 2 aromatic rings. The first-order chi connectivity index (χ1) is 12.7. The van der Waals surface area contributed by atoms with Crippen molar-refractivity contribution < 1.29 is 14.3 Å². The van der Waals surface area contributed by atoms with Gasteiger partial charge in [0, 0.05) is 11.9 Å². The Balaban J connectivity index is 1.56. The molecule has 1 unspecified atom stereocenters. The highest BCUT2D eigenvalue weighted by molar-refractivity contribution is 6.06. The molecule has 1 aliphatic heterocycles. The second-order valence-electron chi connectivity index (χ2n) is 5.84. The molecule has 2 N–H and O–H groups in total. The van der Waals surface area contributed by atoms with E-state index in [0.717, 1.165) is 11.3 Å². The molecule has 2 aromatic carbocycles. The molecule has 3 rings (SSSR count). The third-order valence-corrected chi connectivity index (χ3v) is 3.92. The van der Waals surface area contributed by atoms with E-state index in [2.05, 4.69) is 10.6 Å². The van der Waals surface area contributed by atoms with Gasteiger partial charge in [-0.05, 0) is 30.7 Å². The maximum atomic E-state index is 12.2. The molecule has 1 amide bonds. The number of amides is 1. The number of hydrogen-bond acceptors (Lipinski definition) is 5. The molecule has 1 atom stereocenters. The number of para-hydroxylation sites is 3. The summed E-state index contributed by atoms with van der Waals surface area (Å²) in [5.41, 5.74) is 1.60. The Labute approximate surface area is 152 Å². The smallest absolute Gasteiger partial charge is 0.267 e. The maximum Gasteiger partial charge on any atom is 0.267 e. The van der Waals surface area contributed by atoms with Gasteiger partial charge in [-0.2, -0.15) is 5.26 Å². The Bertz CT molecular complexity index is 871. The van der Waals surface area contributed by atoms with Crippen molar-refractivity contribution in [3.8, 4) is 17.6 Å². The van der Waals surface area contributed by atoms with Crippen molar-refractivity contribution in [1.82, 2.24) is 5.32 Å². The van der Waals surface area contributed by atoms with E-state index in [1.54, 1.807) is 6.07 Å². The molecule has 6 heteroatoms. The van der Waals surface area contributed by atoms with Crippen LogP contribution in [0.25, 0.3) is 0 Å². The number of hydrogen-bond donors (Lipinski definition) is 2. The summed E-state index contributed by atoms with van der Waals surface area (Å²) < 4.78 is 11.4. The summed E-state index contributed by atoms with van der Waals surface area (Å²) in [5, 5.41) is 14.9. The first-order valence-electron chi connectivity index (χ1n) is 8.26. The number of fused-ring (bicyclic) bond motifs is 1. The van der Waals surface area contributed by atoms with E-state index in [1.165, 1.54) is 6.20 Å². The molecule has 0 radical (unpaired) electrons. The minimum atomic E-state index is -0.458. The van der Waals surface area contributed by atoms with Crippen molar-refractivity contribution in [3.63, 3.8) is 0 Å². The second-order valence-corrected chi connectivity index (χ2v) is 5.84. The molecule has 6 nitrogen and oxygen atoms in total. The number of benzene rings is 2. The number of carbonyl (C=O) groups is 1. The first-order valence-corrected chi connectivity index (χ1v) is 8.26. The van der Waals surface area contributed by atoms with Gasteiger partial charge in [-0.1, -0.05) is 30.3 Å². The monoisotopic (exact) mass is 349 g/mol. The molecular formula is C20H19N3O3. The van der Waals surface area contributed by atoms with E-state index in [1.807, 2.05) is 55.5 Å². The van der Waals surface area contributed by atoms with Crippen LogP contribution in [0.3, 0.4) is 0 Å². The predicted molar refractivity (Wildman–Crippen MR) is 97.9 cm³/mol. The summed E-state index contributed by atoms with van der Waals surface area (Å²) in [6, 6.07) is 16.8. The van der Waals surface area contributed by atoms with Gasteiger partial charge in [0.1, 0.15) is 24.4 Å². The largest absolute Gasteiger partial charge is 0.486 e. The van der Waals surface area contributed by atoms with Gasteiger partial charge in [-0.3, -0.25) is 4.79 Å². The summed E-state index contributed by atoms with van der Waals surface area (Å²) in [5.74, 6) is 0.947. The van der Waals surface area contributed by atoms with Gasteiger partial charge < -0.3 is 20.1 Å².